The zero-order chi connectivity index (χ0) is 18.2. The smallest absolute Gasteiger partial charge is 0.254 e. The lowest BCUT2D eigenvalue weighted by atomic mass is 10.1. The Morgan fingerprint density at radius 1 is 1.04 bits per heavy atom. The van der Waals surface area contributed by atoms with E-state index in [1.807, 2.05) is 4.90 Å². The van der Waals surface area contributed by atoms with E-state index in [0.29, 0.717) is 29.4 Å². The molecule has 6 nitrogen and oxygen atoms in total. The standard InChI is InChI=1S/C19H30N2O4/c1-5-7-12-25-18-16(23-3)13-15(14-17(18)24-4)19(22)21-10-8-20(6-2)9-11-21/h13-14H,5-12H2,1-4H3. The Kier molecular flexibility index (Phi) is 7.37. The summed E-state index contributed by atoms with van der Waals surface area (Å²) >= 11 is 0. The number of rotatable bonds is 8. The molecule has 1 aliphatic rings. The Bertz CT molecular complexity index is 544. The molecule has 0 radical (unpaired) electrons. The van der Waals surface area contributed by atoms with E-state index < -0.39 is 0 Å². The summed E-state index contributed by atoms with van der Waals surface area (Å²) < 4.78 is 16.7. The van der Waals surface area contributed by atoms with Crippen molar-refractivity contribution in [2.75, 3.05) is 53.6 Å². The minimum absolute atomic E-state index is 0.00691. The quantitative estimate of drug-likeness (QED) is 0.675. The van der Waals surface area contributed by atoms with Crippen molar-refractivity contribution in [3.8, 4) is 17.2 Å². The van der Waals surface area contributed by atoms with Gasteiger partial charge in [-0.1, -0.05) is 20.3 Å². The molecule has 6 heteroatoms. The zero-order valence-corrected chi connectivity index (χ0v) is 15.8. The normalized spacial score (nSPS) is 15.1. The first kappa shape index (κ1) is 19.4. The Balaban J connectivity index is 2.19. The van der Waals surface area contributed by atoms with Gasteiger partial charge in [0.1, 0.15) is 0 Å². The predicted molar refractivity (Wildman–Crippen MR) is 98.0 cm³/mol. The average Bonchev–Trinajstić information content (AvgIpc) is 2.67. The second-order valence-electron chi connectivity index (χ2n) is 6.14. The topological polar surface area (TPSA) is 51.2 Å². The molecule has 0 spiro atoms. The number of ether oxygens (including phenoxy) is 3. The number of benzene rings is 1. The summed E-state index contributed by atoms with van der Waals surface area (Å²) in [6.45, 7) is 9.17. The van der Waals surface area contributed by atoms with Gasteiger partial charge in [-0.05, 0) is 25.1 Å². The summed E-state index contributed by atoms with van der Waals surface area (Å²) in [6.07, 6.45) is 2.00. The molecule has 2 rings (SSSR count). The highest BCUT2D eigenvalue weighted by atomic mass is 16.5. The second kappa shape index (κ2) is 9.51. The number of piperazine rings is 1. The van der Waals surface area contributed by atoms with E-state index in [2.05, 4.69) is 18.7 Å². The summed E-state index contributed by atoms with van der Waals surface area (Å²) in [5.41, 5.74) is 0.571. The molecule has 1 fully saturated rings. The third-order valence-corrected chi connectivity index (χ3v) is 4.56. The SMILES string of the molecule is CCCCOc1c(OC)cc(C(=O)N2CCN(CC)CC2)cc1OC. The molecular formula is C19H30N2O4. The molecule has 1 amide bonds. The number of carbonyl (C=O) groups excluding carboxylic acids is 1. The van der Waals surface area contributed by atoms with Gasteiger partial charge in [-0.3, -0.25) is 4.79 Å². The second-order valence-corrected chi connectivity index (χ2v) is 6.14. The number of methoxy groups -OCH3 is 2. The Labute approximate surface area is 150 Å². The molecule has 0 aromatic heterocycles. The van der Waals surface area contributed by atoms with Crippen LogP contribution in [0, 0.1) is 0 Å². The maximum absolute atomic E-state index is 12.9. The summed E-state index contributed by atoms with van der Waals surface area (Å²) in [7, 11) is 3.16. The molecule has 0 atom stereocenters. The van der Waals surface area contributed by atoms with Crippen LogP contribution in [0.5, 0.6) is 17.2 Å². The first-order valence-electron chi connectivity index (χ1n) is 9.05. The number of likely N-dealkylation sites (N-methyl/N-ethyl adjacent to an activating group) is 1. The van der Waals surface area contributed by atoms with Crippen molar-refractivity contribution < 1.29 is 19.0 Å². The molecule has 0 aliphatic carbocycles. The molecule has 1 aromatic carbocycles. The van der Waals surface area contributed by atoms with Crippen molar-refractivity contribution in [3.05, 3.63) is 17.7 Å². The molecule has 1 heterocycles. The highest BCUT2D eigenvalue weighted by Gasteiger charge is 2.24. The Hall–Kier alpha value is -1.95. The lowest BCUT2D eigenvalue weighted by Gasteiger charge is -2.34. The highest BCUT2D eigenvalue weighted by molar-refractivity contribution is 5.95. The van der Waals surface area contributed by atoms with E-state index in [1.165, 1.54) is 0 Å². The fourth-order valence-corrected chi connectivity index (χ4v) is 2.91. The van der Waals surface area contributed by atoms with Crippen molar-refractivity contribution in [3.63, 3.8) is 0 Å². The summed E-state index contributed by atoms with van der Waals surface area (Å²) in [4.78, 5) is 17.1. The highest BCUT2D eigenvalue weighted by Crippen LogP contribution is 2.39. The Morgan fingerprint density at radius 3 is 2.12 bits per heavy atom. The number of nitrogens with zero attached hydrogens (tertiary/aromatic N) is 2. The molecule has 1 aromatic rings. The van der Waals surface area contributed by atoms with Crippen LogP contribution in [0.15, 0.2) is 12.1 Å². The number of amides is 1. The maximum Gasteiger partial charge on any atom is 0.254 e. The van der Waals surface area contributed by atoms with Gasteiger partial charge in [0.25, 0.3) is 5.91 Å². The van der Waals surface area contributed by atoms with Crippen LogP contribution >= 0.6 is 0 Å². The van der Waals surface area contributed by atoms with Gasteiger partial charge in [-0.2, -0.15) is 0 Å². The van der Waals surface area contributed by atoms with Gasteiger partial charge in [-0.25, -0.2) is 0 Å². The predicted octanol–water partition coefficient (Wildman–Crippen LogP) is 2.66. The lowest BCUT2D eigenvalue weighted by molar-refractivity contribution is 0.0642. The molecule has 0 bridgehead atoms. The third-order valence-electron chi connectivity index (χ3n) is 4.56. The van der Waals surface area contributed by atoms with Crippen LogP contribution in [0.3, 0.4) is 0 Å². The van der Waals surface area contributed by atoms with Crippen LogP contribution in [0.1, 0.15) is 37.0 Å². The van der Waals surface area contributed by atoms with Crippen LogP contribution < -0.4 is 14.2 Å². The monoisotopic (exact) mass is 350 g/mol. The molecular weight excluding hydrogens is 320 g/mol. The van der Waals surface area contributed by atoms with Crippen LogP contribution in [-0.4, -0.2) is 69.3 Å². The van der Waals surface area contributed by atoms with Gasteiger partial charge in [-0.15, -0.1) is 0 Å². The number of carbonyl (C=O) groups is 1. The number of hydrogen-bond donors (Lipinski definition) is 0. The van der Waals surface area contributed by atoms with E-state index >= 15 is 0 Å². The first-order valence-corrected chi connectivity index (χ1v) is 9.05. The Morgan fingerprint density at radius 2 is 1.64 bits per heavy atom. The molecule has 0 unspecified atom stereocenters. The van der Waals surface area contributed by atoms with Gasteiger partial charge >= 0.3 is 0 Å². The minimum atomic E-state index is 0.00691. The van der Waals surface area contributed by atoms with Crippen molar-refractivity contribution in [1.29, 1.82) is 0 Å². The number of hydrogen-bond acceptors (Lipinski definition) is 5. The maximum atomic E-state index is 12.9. The van der Waals surface area contributed by atoms with Crippen LogP contribution in [0.25, 0.3) is 0 Å². The van der Waals surface area contributed by atoms with Gasteiger partial charge in [0, 0.05) is 31.7 Å². The summed E-state index contributed by atoms with van der Waals surface area (Å²) in [5, 5.41) is 0. The van der Waals surface area contributed by atoms with E-state index in [0.717, 1.165) is 45.6 Å². The lowest BCUT2D eigenvalue weighted by Crippen LogP contribution is -2.48. The average molecular weight is 350 g/mol. The van der Waals surface area contributed by atoms with Crippen molar-refractivity contribution in [2.24, 2.45) is 0 Å². The molecule has 0 saturated carbocycles. The molecule has 1 saturated heterocycles. The van der Waals surface area contributed by atoms with Crippen LogP contribution in [-0.2, 0) is 0 Å². The summed E-state index contributed by atoms with van der Waals surface area (Å²) in [5.74, 6) is 1.63. The van der Waals surface area contributed by atoms with Gasteiger partial charge in [0.2, 0.25) is 5.75 Å². The van der Waals surface area contributed by atoms with Crippen molar-refractivity contribution in [1.82, 2.24) is 9.80 Å². The molecule has 25 heavy (non-hydrogen) atoms. The van der Waals surface area contributed by atoms with E-state index in [4.69, 9.17) is 14.2 Å². The van der Waals surface area contributed by atoms with Crippen molar-refractivity contribution >= 4 is 5.91 Å². The number of unbranched alkanes of at least 4 members (excludes halogenated alkanes) is 1. The van der Waals surface area contributed by atoms with Gasteiger partial charge in [0.15, 0.2) is 11.5 Å². The summed E-state index contributed by atoms with van der Waals surface area (Å²) in [6, 6.07) is 3.50. The van der Waals surface area contributed by atoms with E-state index in [9.17, 15) is 4.79 Å². The third kappa shape index (κ3) is 4.78. The fraction of sp³-hybridized carbons (Fsp3) is 0.632. The van der Waals surface area contributed by atoms with E-state index in [1.54, 1.807) is 26.4 Å². The molecule has 1 aliphatic heterocycles. The van der Waals surface area contributed by atoms with Gasteiger partial charge in [0.05, 0.1) is 20.8 Å². The van der Waals surface area contributed by atoms with E-state index in [-0.39, 0.29) is 5.91 Å². The van der Waals surface area contributed by atoms with Crippen LogP contribution in [0.2, 0.25) is 0 Å². The largest absolute Gasteiger partial charge is 0.493 e. The zero-order valence-electron chi connectivity index (χ0n) is 15.8. The fourth-order valence-electron chi connectivity index (χ4n) is 2.91. The molecule has 0 N–H and O–H groups in total. The minimum Gasteiger partial charge on any atom is -0.493 e. The first-order chi connectivity index (χ1) is 12.1. The van der Waals surface area contributed by atoms with Gasteiger partial charge < -0.3 is 24.0 Å². The van der Waals surface area contributed by atoms with Crippen LogP contribution in [0.4, 0.5) is 0 Å². The molecule has 140 valence electrons. The van der Waals surface area contributed by atoms with Crippen molar-refractivity contribution in [2.45, 2.75) is 26.7 Å².